The number of nitrogens with zero attached hydrogens (tertiary/aromatic N) is 1. The average molecular weight is 304 g/mol. The number of rotatable bonds is 2. The van der Waals surface area contributed by atoms with Crippen LogP contribution in [0.5, 0.6) is 5.75 Å². The number of anilines is 1. The molecule has 0 saturated carbocycles. The maximum atomic E-state index is 5.28. The Hall–Kier alpha value is -1.48. The van der Waals surface area contributed by atoms with Crippen molar-refractivity contribution in [1.29, 1.82) is 0 Å². The van der Waals surface area contributed by atoms with Crippen LogP contribution in [0.2, 0.25) is 0 Å². The van der Waals surface area contributed by atoms with Crippen molar-refractivity contribution in [3.8, 4) is 5.75 Å². The van der Waals surface area contributed by atoms with Gasteiger partial charge in [-0.05, 0) is 29.3 Å². The summed E-state index contributed by atoms with van der Waals surface area (Å²) in [6.45, 7) is 1.91. The summed E-state index contributed by atoms with van der Waals surface area (Å²) >= 11 is 3.62. The number of ether oxygens (including phenoxy) is 1. The smallest absolute Gasteiger partial charge is 0.120 e. The topological polar surface area (TPSA) is 12.5 Å². The lowest BCUT2D eigenvalue weighted by molar-refractivity contribution is 0.415. The van der Waals surface area contributed by atoms with E-state index in [1.54, 1.807) is 7.11 Å². The van der Waals surface area contributed by atoms with Gasteiger partial charge in [0, 0.05) is 29.3 Å². The summed E-state index contributed by atoms with van der Waals surface area (Å²) in [5.41, 5.74) is 3.99. The van der Waals surface area contributed by atoms with E-state index in [0.717, 1.165) is 18.8 Å². The SMILES string of the molecule is COc1cccc(N2Cc3cccc(Br)c3C2)c1. The zero-order chi connectivity index (χ0) is 12.5. The molecule has 0 N–H and O–H groups in total. The fourth-order valence-corrected chi connectivity index (χ4v) is 2.90. The molecule has 92 valence electrons. The van der Waals surface area contributed by atoms with Crippen molar-refractivity contribution in [2.24, 2.45) is 0 Å². The Bertz CT molecular complexity index is 582. The lowest BCUT2D eigenvalue weighted by Crippen LogP contribution is -2.14. The highest BCUT2D eigenvalue weighted by Gasteiger charge is 2.21. The third kappa shape index (κ3) is 1.99. The fourth-order valence-electron chi connectivity index (χ4n) is 2.37. The van der Waals surface area contributed by atoms with Crippen LogP contribution < -0.4 is 9.64 Å². The largest absolute Gasteiger partial charge is 0.497 e. The van der Waals surface area contributed by atoms with E-state index in [-0.39, 0.29) is 0 Å². The highest BCUT2D eigenvalue weighted by Crippen LogP contribution is 2.33. The van der Waals surface area contributed by atoms with Gasteiger partial charge in [0.15, 0.2) is 0 Å². The Labute approximate surface area is 115 Å². The number of hydrogen-bond donors (Lipinski definition) is 0. The molecule has 2 aromatic rings. The minimum absolute atomic E-state index is 0.905. The van der Waals surface area contributed by atoms with Gasteiger partial charge in [0.1, 0.15) is 5.75 Å². The Morgan fingerprint density at radius 3 is 2.72 bits per heavy atom. The molecule has 2 aromatic carbocycles. The minimum atomic E-state index is 0.905. The molecule has 0 spiro atoms. The predicted molar refractivity (Wildman–Crippen MR) is 77.0 cm³/mol. The number of hydrogen-bond acceptors (Lipinski definition) is 2. The predicted octanol–water partition coefficient (Wildman–Crippen LogP) is 3.98. The molecule has 0 aliphatic carbocycles. The van der Waals surface area contributed by atoms with Crippen molar-refractivity contribution in [1.82, 2.24) is 0 Å². The molecule has 1 aliphatic heterocycles. The van der Waals surface area contributed by atoms with Crippen molar-refractivity contribution >= 4 is 21.6 Å². The monoisotopic (exact) mass is 303 g/mol. The zero-order valence-electron chi connectivity index (χ0n) is 10.2. The summed E-state index contributed by atoms with van der Waals surface area (Å²) < 4.78 is 6.48. The van der Waals surface area contributed by atoms with Gasteiger partial charge in [-0.1, -0.05) is 34.1 Å². The van der Waals surface area contributed by atoms with Crippen LogP contribution in [0.1, 0.15) is 11.1 Å². The summed E-state index contributed by atoms with van der Waals surface area (Å²) in [4.78, 5) is 2.36. The van der Waals surface area contributed by atoms with Crippen molar-refractivity contribution in [2.75, 3.05) is 12.0 Å². The van der Waals surface area contributed by atoms with E-state index < -0.39 is 0 Å². The van der Waals surface area contributed by atoms with Crippen LogP contribution in [0.25, 0.3) is 0 Å². The number of halogens is 1. The van der Waals surface area contributed by atoms with Crippen molar-refractivity contribution < 1.29 is 4.74 Å². The molecule has 0 saturated heterocycles. The zero-order valence-corrected chi connectivity index (χ0v) is 11.8. The summed E-state index contributed by atoms with van der Waals surface area (Å²) in [6, 6.07) is 14.6. The highest BCUT2D eigenvalue weighted by molar-refractivity contribution is 9.10. The first-order valence-electron chi connectivity index (χ1n) is 5.93. The van der Waals surface area contributed by atoms with Crippen LogP contribution in [0.15, 0.2) is 46.9 Å². The molecule has 2 nitrogen and oxygen atoms in total. The van der Waals surface area contributed by atoms with Gasteiger partial charge in [-0.2, -0.15) is 0 Å². The molecular weight excluding hydrogens is 290 g/mol. The van der Waals surface area contributed by atoms with Crippen molar-refractivity contribution in [3.63, 3.8) is 0 Å². The molecule has 1 heterocycles. The van der Waals surface area contributed by atoms with Crippen molar-refractivity contribution in [2.45, 2.75) is 13.1 Å². The summed E-state index contributed by atoms with van der Waals surface area (Å²) in [7, 11) is 1.70. The molecule has 1 aliphatic rings. The second kappa shape index (κ2) is 4.65. The van der Waals surface area contributed by atoms with Crippen LogP contribution in [0.4, 0.5) is 5.69 Å². The van der Waals surface area contributed by atoms with E-state index >= 15 is 0 Å². The maximum absolute atomic E-state index is 5.28. The molecule has 3 heteroatoms. The first-order chi connectivity index (χ1) is 8.78. The van der Waals surface area contributed by atoms with Crippen LogP contribution >= 0.6 is 15.9 Å². The van der Waals surface area contributed by atoms with Gasteiger partial charge in [0.25, 0.3) is 0 Å². The van der Waals surface area contributed by atoms with E-state index in [1.165, 1.54) is 21.3 Å². The van der Waals surface area contributed by atoms with E-state index in [9.17, 15) is 0 Å². The molecule has 0 amide bonds. The first kappa shape index (κ1) is 11.6. The molecule has 0 radical (unpaired) electrons. The molecule has 0 atom stereocenters. The third-order valence-electron chi connectivity index (χ3n) is 3.34. The lowest BCUT2D eigenvalue weighted by atomic mass is 10.1. The van der Waals surface area contributed by atoms with Crippen LogP contribution in [0, 0.1) is 0 Å². The Kier molecular flexibility index (Phi) is 3.00. The molecule has 0 unspecified atom stereocenters. The van der Waals surface area contributed by atoms with Gasteiger partial charge in [-0.25, -0.2) is 0 Å². The molecular formula is C15H14BrNO. The quantitative estimate of drug-likeness (QED) is 0.832. The normalized spacial score (nSPS) is 13.6. The van der Waals surface area contributed by atoms with E-state index in [0.29, 0.717) is 0 Å². The molecule has 0 bridgehead atoms. The van der Waals surface area contributed by atoms with Gasteiger partial charge in [0.05, 0.1) is 7.11 Å². The van der Waals surface area contributed by atoms with Crippen molar-refractivity contribution in [3.05, 3.63) is 58.1 Å². The number of methoxy groups -OCH3 is 1. The first-order valence-corrected chi connectivity index (χ1v) is 6.72. The lowest BCUT2D eigenvalue weighted by Gasteiger charge is -2.18. The Morgan fingerprint density at radius 2 is 1.94 bits per heavy atom. The molecule has 3 rings (SSSR count). The van der Waals surface area contributed by atoms with Crippen LogP contribution in [-0.2, 0) is 13.1 Å². The highest BCUT2D eigenvalue weighted by atomic mass is 79.9. The standard InChI is InChI=1S/C15H14BrNO/c1-18-13-6-3-5-12(8-13)17-9-11-4-2-7-15(16)14(11)10-17/h2-8H,9-10H2,1H3. The second-order valence-corrected chi connectivity index (χ2v) is 5.29. The molecule has 0 fully saturated rings. The average Bonchev–Trinajstić information content (AvgIpc) is 2.84. The van der Waals surface area contributed by atoms with Crippen LogP contribution in [-0.4, -0.2) is 7.11 Å². The van der Waals surface area contributed by atoms with Gasteiger partial charge in [-0.15, -0.1) is 0 Å². The summed E-state index contributed by atoms with van der Waals surface area (Å²) in [5, 5.41) is 0. The van der Waals surface area contributed by atoms with Gasteiger partial charge < -0.3 is 9.64 Å². The minimum Gasteiger partial charge on any atom is -0.497 e. The molecule has 0 aromatic heterocycles. The van der Waals surface area contributed by atoms with Crippen LogP contribution in [0.3, 0.4) is 0 Å². The summed E-state index contributed by atoms with van der Waals surface area (Å²) in [5.74, 6) is 0.905. The second-order valence-electron chi connectivity index (χ2n) is 4.44. The van der Waals surface area contributed by atoms with E-state index in [4.69, 9.17) is 4.74 Å². The van der Waals surface area contributed by atoms with Gasteiger partial charge >= 0.3 is 0 Å². The third-order valence-corrected chi connectivity index (χ3v) is 4.09. The van der Waals surface area contributed by atoms with Gasteiger partial charge in [-0.3, -0.25) is 0 Å². The van der Waals surface area contributed by atoms with Gasteiger partial charge in [0.2, 0.25) is 0 Å². The Morgan fingerprint density at radius 1 is 1.11 bits per heavy atom. The number of fused-ring (bicyclic) bond motifs is 1. The molecule has 18 heavy (non-hydrogen) atoms. The number of benzene rings is 2. The van der Waals surface area contributed by atoms with E-state index in [1.807, 2.05) is 12.1 Å². The summed E-state index contributed by atoms with van der Waals surface area (Å²) in [6.07, 6.45) is 0. The maximum Gasteiger partial charge on any atom is 0.120 e. The van der Waals surface area contributed by atoms with E-state index in [2.05, 4.69) is 51.2 Å². The Balaban J connectivity index is 1.91. The fraction of sp³-hybridized carbons (Fsp3) is 0.200.